The van der Waals surface area contributed by atoms with Gasteiger partial charge in [-0.15, -0.1) is 0 Å². The molecule has 2 atom stereocenters. The molecule has 0 aromatic heterocycles. The highest BCUT2D eigenvalue weighted by molar-refractivity contribution is 5.32. The van der Waals surface area contributed by atoms with E-state index in [0.717, 1.165) is 24.0 Å². The molecule has 2 bridgehead atoms. The lowest BCUT2D eigenvalue weighted by molar-refractivity contribution is 0.305. The molecule has 2 saturated heterocycles. The number of halogens is 2. The van der Waals surface area contributed by atoms with Gasteiger partial charge in [-0.05, 0) is 61.1 Å². The Hall–Kier alpha value is -1.78. The third-order valence-corrected chi connectivity index (χ3v) is 5.28. The monoisotopic (exact) mass is 328 g/mol. The highest BCUT2D eigenvalue weighted by atomic mass is 19.1. The van der Waals surface area contributed by atoms with Crippen molar-refractivity contribution in [3.05, 3.63) is 71.3 Å². The summed E-state index contributed by atoms with van der Waals surface area (Å²) >= 11 is 0. The predicted molar refractivity (Wildman–Crippen MR) is 90.7 cm³/mol. The lowest BCUT2D eigenvalue weighted by Gasteiger charge is -2.33. The normalized spacial score (nSPS) is 26.0. The van der Waals surface area contributed by atoms with Crippen LogP contribution in [0.15, 0.2) is 48.5 Å². The van der Waals surface area contributed by atoms with E-state index >= 15 is 0 Å². The number of rotatable bonds is 4. The van der Waals surface area contributed by atoms with Crippen molar-refractivity contribution in [3.8, 4) is 0 Å². The van der Waals surface area contributed by atoms with Crippen LogP contribution >= 0.6 is 0 Å². The molecule has 2 aromatic rings. The number of fused-ring (bicyclic) bond motifs is 2. The zero-order valence-electron chi connectivity index (χ0n) is 13.5. The minimum Gasteiger partial charge on any atom is -0.311 e. The van der Waals surface area contributed by atoms with Gasteiger partial charge in [0.15, 0.2) is 0 Å². The predicted octanol–water partition coefficient (Wildman–Crippen LogP) is 3.93. The van der Waals surface area contributed by atoms with Gasteiger partial charge in [-0.1, -0.05) is 24.3 Å². The lowest BCUT2D eigenvalue weighted by Crippen LogP contribution is -2.47. The van der Waals surface area contributed by atoms with Crippen molar-refractivity contribution in [2.45, 2.75) is 49.9 Å². The number of piperidine rings is 1. The van der Waals surface area contributed by atoms with Crippen LogP contribution < -0.4 is 10.6 Å². The molecule has 2 aromatic carbocycles. The van der Waals surface area contributed by atoms with Gasteiger partial charge in [0, 0.05) is 18.1 Å². The van der Waals surface area contributed by atoms with Gasteiger partial charge in [-0.2, -0.15) is 0 Å². The molecule has 0 radical (unpaired) electrons. The van der Waals surface area contributed by atoms with E-state index in [9.17, 15) is 8.78 Å². The fraction of sp³-hybridized carbons (Fsp3) is 0.400. The third kappa shape index (κ3) is 3.35. The van der Waals surface area contributed by atoms with Crippen molar-refractivity contribution in [1.82, 2.24) is 10.6 Å². The fourth-order valence-corrected chi connectivity index (χ4v) is 4.12. The Labute approximate surface area is 141 Å². The van der Waals surface area contributed by atoms with Crippen LogP contribution in [0.25, 0.3) is 0 Å². The molecule has 2 nitrogen and oxygen atoms in total. The molecule has 4 heteroatoms. The summed E-state index contributed by atoms with van der Waals surface area (Å²) in [5, 5.41) is 7.39. The Bertz CT molecular complexity index is 626. The van der Waals surface area contributed by atoms with Crippen LogP contribution in [0.5, 0.6) is 0 Å². The van der Waals surface area contributed by atoms with E-state index in [2.05, 4.69) is 10.6 Å². The quantitative estimate of drug-likeness (QED) is 0.889. The molecule has 2 aliphatic rings. The SMILES string of the molecule is Fc1ccc(C(NC2CC3CCC(C2)N3)c2ccc(F)cc2)cc1. The molecular formula is C20H22F2N2. The van der Waals surface area contributed by atoms with Crippen molar-refractivity contribution in [2.75, 3.05) is 0 Å². The summed E-state index contributed by atoms with van der Waals surface area (Å²) < 4.78 is 26.6. The molecular weight excluding hydrogens is 306 g/mol. The smallest absolute Gasteiger partial charge is 0.123 e. The minimum absolute atomic E-state index is 0.0475. The second kappa shape index (κ2) is 6.61. The van der Waals surface area contributed by atoms with E-state index in [1.165, 1.54) is 37.1 Å². The standard InChI is InChI=1S/C20H22F2N2/c21-15-5-1-13(2-6-15)20(14-3-7-16(22)8-4-14)24-19-11-17-9-10-18(12-19)23-17/h1-8,17-20,23-24H,9-12H2. The molecule has 0 amide bonds. The van der Waals surface area contributed by atoms with Gasteiger partial charge in [0.2, 0.25) is 0 Å². The Balaban J connectivity index is 1.60. The molecule has 2 unspecified atom stereocenters. The van der Waals surface area contributed by atoms with Crippen molar-refractivity contribution >= 4 is 0 Å². The van der Waals surface area contributed by atoms with Gasteiger partial charge in [-0.3, -0.25) is 0 Å². The Morgan fingerprint density at radius 1 is 0.792 bits per heavy atom. The molecule has 126 valence electrons. The first-order valence-electron chi connectivity index (χ1n) is 8.70. The summed E-state index contributed by atoms with van der Waals surface area (Å²) in [4.78, 5) is 0. The molecule has 2 N–H and O–H groups in total. The maximum absolute atomic E-state index is 13.3. The Kier molecular flexibility index (Phi) is 4.33. The number of benzene rings is 2. The van der Waals surface area contributed by atoms with Crippen LogP contribution in [-0.4, -0.2) is 18.1 Å². The Morgan fingerprint density at radius 3 is 1.71 bits per heavy atom. The lowest BCUT2D eigenvalue weighted by atomic mass is 9.94. The van der Waals surface area contributed by atoms with Crippen LogP contribution in [-0.2, 0) is 0 Å². The average molecular weight is 328 g/mol. The van der Waals surface area contributed by atoms with Crippen molar-refractivity contribution in [1.29, 1.82) is 0 Å². The molecule has 2 aliphatic heterocycles. The molecule has 24 heavy (non-hydrogen) atoms. The zero-order valence-corrected chi connectivity index (χ0v) is 13.5. The first-order valence-corrected chi connectivity index (χ1v) is 8.70. The summed E-state index contributed by atoms with van der Waals surface area (Å²) in [6.07, 6.45) is 4.71. The van der Waals surface area contributed by atoms with Crippen LogP contribution in [0.4, 0.5) is 8.78 Å². The second-order valence-corrected chi connectivity index (χ2v) is 7.01. The van der Waals surface area contributed by atoms with Crippen LogP contribution in [0.2, 0.25) is 0 Å². The van der Waals surface area contributed by atoms with Crippen LogP contribution in [0.3, 0.4) is 0 Å². The van der Waals surface area contributed by atoms with E-state index in [1.54, 1.807) is 0 Å². The zero-order chi connectivity index (χ0) is 16.5. The van der Waals surface area contributed by atoms with E-state index < -0.39 is 0 Å². The van der Waals surface area contributed by atoms with Gasteiger partial charge in [0.05, 0.1) is 6.04 Å². The molecule has 4 rings (SSSR count). The summed E-state index contributed by atoms with van der Waals surface area (Å²) in [7, 11) is 0. The molecule has 2 heterocycles. The molecule has 0 saturated carbocycles. The highest BCUT2D eigenvalue weighted by Crippen LogP contribution is 2.30. The van der Waals surface area contributed by atoms with Crippen molar-refractivity contribution in [2.24, 2.45) is 0 Å². The molecule has 0 spiro atoms. The van der Waals surface area contributed by atoms with Crippen LogP contribution in [0, 0.1) is 11.6 Å². The van der Waals surface area contributed by atoms with Gasteiger partial charge < -0.3 is 10.6 Å². The highest BCUT2D eigenvalue weighted by Gasteiger charge is 2.34. The van der Waals surface area contributed by atoms with Gasteiger partial charge in [0.25, 0.3) is 0 Å². The van der Waals surface area contributed by atoms with E-state index in [1.807, 2.05) is 24.3 Å². The number of nitrogens with one attached hydrogen (secondary N) is 2. The average Bonchev–Trinajstić information content (AvgIpc) is 2.93. The largest absolute Gasteiger partial charge is 0.311 e. The summed E-state index contributed by atoms with van der Waals surface area (Å²) in [6.45, 7) is 0. The minimum atomic E-state index is -0.239. The second-order valence-electron chi connectivity index (χ2n) is 7.01. The number of hydrogen-bond acceptors (Lipinski definition) is 2. The van der Waals surface area contributed by atoms with Gasteiger partial charge in [-0.25, -0.2) is 8.78 Å². The Morgan fingerprint density at radius 2 is 1.25 bits per heavy atom. The van der Waals surface area contributed by atoms with Gasteiger partial charge in [0.1, 0.15) is 11.6 Å². The van der Waals surface area contributed by atoms with E-state index in [-0.39, 0.29) is 17.7 Å². The van der Waals surface area contributed by atoms with Crippen molar-refractivity contribution in [3.63, 3.8) is 0 Å². The van der Waals surface area contributed by atoms with Gasteiger partial charge >= 0.3 is 0 Å². The van der Waals surface area contributed by atoms with Crippen molar-refractivity contribution < 1.29 is 8.78 Å². The maximum Gasteiger partial charge on any atom is 0.123 e. The number of hydrogen-bond donors (Lipinski definition) is 2. The van der Waals surface area contributed by atoms with Crippen LogP contribution in [0.1, 0.15) is 42.9 Å². The summed E-state index contributed by atoms with van der Waals surface area (Å²) in [5.74, 6) is -0.479. The first-order chi connectivity index (χ1) is 11.7. The summed E-state index contributed by atoms with van der Waals surface area (Å²) in [6, 6.07) is 14.8. The summed E-state index contributed by atoms with van der Waals surface area (Å²) in [5.41, 5.74) is 2.02. The van der Waals surface area contributed by atoms with E-state index in [0.29, 0.717) is 18.1 Å². The van der Waals surface area contributed by atoms with E-state index in [4.69, 9.17) is 0 Å². The fourth-order valence-electron chi connectivity index (χ4n) is 4.12. The topological polar surface area (TPSA) is 24.1 Å². The molecule has 2 fully saturated rings. The first kappa shape index (κ1) is 15.7. The maximum atomic E-state index is 13.3. The third-order valence-electron chi connectivity index (χ3n) is 5.28. The molecule has 0 aliphatic carbocycles.